The van der Waals surface area contributed by atoms with Gasteiger partial charge in [0.25, 0.3) is 0 Å². The molecule has 0 aromatic rings. The molecule has 0 fully saturated rings. The first-order valence-electron chi connectivity index (χ1n) is 4.42. The van der Waals surface area contributed by atoms with E-state index in [-0.39, 0.29) is 12.5 Å². The summed E-state index contributed by atoms with van der Waals surface area (Å²) < 4.78 is 0. The van der Waals surface area contributed by atoms with Gasteiger partial charge in [-0.05, 0) is 12.8 Å². The van der Waals surface area contributed by atoms with Crippen molar-refractivity contribution in [2.45, 2.75) is 19.9 Å². The van der Waals surface area contributed by atoms with Crippen LogP contribution in [0.1, 0.15) is 13.8 Å². The molecule has 0 bridgehead atoms. The van der Waals surface area contributed by atoms with E-state index in [1.54, 1.807) is 6.92 Å². The molecule has 0 rings (SSSR count). The summed E-state index contributed by atoms with van der Waals surface area (Å²) in [5, 5.41) is 13.5. The number of amides is 3. The average Bonchev–Trinajstić information content (AvgIpc) is 2.12. The number of aliphatic hydroxyl groups is 1. The molecule has 82 valence electrons. The number of primary amides is 1. The predicted octanol–water partition coefficient (Wildman–Crippen LogP) is -1.21. The van der Waals surface area contributed by atoms with Gasteiger partial charge in [-0.3, -0.25) is 10.1 Å². The smallest absolute Gasteiger partial charge is 0.318 e. The number of imide groups is 1. The van der Waals surface area contributed by atoms with Crippen LogP contribution in [0.15, 0.2) is 0 Å². The molecule has 0 aliphatic carbocycles. The number of nitrogens with one attached hydrogen (secondary N) is 2. The molecule has 0 aliphatic heterocycles. The van der Waals surface area contributed by atoms with Gasteiger partial charge in [0.1, 0.15) is 0 Å². The lowest BCUT2D eigenvalue weighted by atomic mass is 10.2. The van der Waals surface area contributed by atoms with E-state index in [2.05, 4.69) is 5.32 Å². The molecule has 14 heavy (non-hydrogen) atoms. The van der Waals surface area contributed by atoms with Crippen molar-refractivity contribution >= 4 is 11.9 Å². The van der Waals surface area contributed by atoms with Gasteiger partial charge in [-0.1, -0.05) is 6.92 Å². The first kappa shape index (κ1) is 12.9. The third-order valence-electron chi connectivity index (χ3n) is 1.72. The van der Waals surface area contributed by atoms with Gasteiger partial charge in [-0.25, -0.2) is 4.79 Å². The molecule has 0 saturated carbocycles. The maximum atomic E-state index is 11.1. The summed E-state index contributed by atoms with van der Waals surface area (Å²) in [7, 11) is 0. The van der Waals surface area contributed by atoms with Gasteiger partial charge >= 0.3 is 6.03 Å². The molecule has 0 aromatic heterocycles. The second kappa shape index (κ2) is 6.33. The van der Waals surface area contributed by atoms with E-state index in [1.807, 2.05) is 12.2 Å². The highest BCUT2D eigenvalue weighted by molar-refractivity contribution is 5.96. The van der Waals surface area contributed by atoms with E-state index in [0.717, 1.165) is 0 Å². The zero-order valence-electron chi connectivity index (χ0n) is 8.41. The van der Waals surface area contributed by atoms with Crippen LogP contribution < -0.4 is 16.4 Å². The summed E-state index contributed by atoms with van der Waals surface area (Å²) in [6.45, 7) is 4.01. The molecule has 0 aromatic carbocycles. The lowest BCUT2D eigenvalue weighted by molar-refractivity contribution is -0.121. The molecule has 0 saturated heterocycles. The largest absolute Gasteiger partial charge is 0.396 e. The fraction of sp³-hybridized carbons (Fsp3) is 0.750. The Bertz CT molecular complexity index is 208. The van der Waals surface area contributed by atoms with E-state index >= 15 is 0 Å². The Morgan fingerprint density at radius 3 is 2.43 bits per heavy atom. The molecule has 6 nitrogen and oxygen atoms in total. The van der Waals surface area contributed by atoms with E-state index in [1.165, 1.54) is 0 Å². The number of aliphatic hydroxyl groups excluding tert-OH is 1. The van der Waals surface area contributed by atoms with Crippen molar-refractivity contribution in [2.75, 3.05) is 13.2 Å². The van der Waals surface area contributed by atoms with Gasteiger partial charge in [0.2, 0.25) is 5.91 Å². The maximum Gasteiger partial charge on any atom is 0.318 e. The molecule has 0 heterocycles. The molecule has 0 aliphatic rings. The van der Waals surface area contributed by atoms with E-state index < -0.39 is 18.0 Å². The Morgan fingerprint density at radius 2 is 2.00 bits per heavy atom. The van der Waals surface area contributed by atoms with Crippen LogP contribution in [-0.2, 0) is 4.79 Å². The van der Waals surface area contributed by atoms with Gasteiger partial charge in [0.15, 0.2) is 0 Å². The fourth-order valence-electron chi connectivity index (χ4n) is 0.765. The second-order valence-corrected chi connectivity index (χ2v) is 3.27. The van der Waals surface area contributed by atoms with Crippen molar-refractivity contribution in [3.8, 4) is 0 Å². The van der Waals surface area contributed by atoms with Crippen LogP contribution in [0.2, 0.25) is 0 Å². The monoisotopic (exact) mass is 203 g/mol. The van der Waals surface area contributed by atoms with Crippen molar-refractivity contribution in [3.63, 3.8) is 0 Å². The highest BCUT2D eigenvalue weighted by atomic mass is 16.3. The third-order valence-corrected chi connectivity index (χ3v) is 1.72. The fourth-order valence-corrected chi connectivity index (χ4v) is 0.765. The number of carbonyl (C=O) groups is 2. The summed E-state index contributed by atoms with van der Waals surface area (Å²) >= 11 is 0. The first-order valence-corrected chi connectivity index (χ1v) is 4.42. The van der Waals surface area contributed by atoms with Crippen LogP contribution in [0.5, 0.6) is 0 Å². The van der Waals surface area contributed by atoms with Crippen LogP contribution >= 0.6 is 0 Å². The van der Waals surface area contributed by atoms with Crippen LogP contribution in [-0.4, -0.2) is 36.2 Å². The standard InChI is InChI=1S/C8H17N3O3/c1-5(4-12)3-10-6(2)7(13)11-8(9)14/h5-6,10,12H,3-4H2,1-2H3,(H3,9,11,13,14). The minimum atomic E-state index is -0.862. The molecule has 6 heteroatoms. The zero-order valence-corrected chi connectivity index (χ0v) is 8.41. The SMILES string of the molecule is CC(CO)CNC(C)C(=O)NC(N)=O. The Hall–Kier alpha value is -1.14. The van der Waals surface area contributed by atoms with Gasteiger partial charge < -0.3 is 16.2 Å². The number of carbonyl (C=O) groups excluding carboxylic acids is 2. The maximum absolute atomic E-state index is 11.1. The summed E-state index contributed by atoms with van der Waals surface area (Å²) in [6, 6.07) is -1.37. The molecule has 2 unspecified atom stereocenters. The molecular weight excluding hydrogens is 186 g/mol. The van der Waals surface area contributed by atoms with Crippen molar-refractivity contribution in [3.05, 3.63) is 0 Å². The van der Waals surface area contributed by atoms with Crippen molar-refractivity contribution in [2.24, 2.45) is 11.7 Å². The van der Waals surface area contributed by atoms with Gasteiger partial charge in [0, 0.05) is 13.2 Å². The van der Waals surface area contributed by atoms with Crippen molar-refractivity contribution < 1.29 is 14.7 Å². The van der Waals surface area contributed by atoms with E-state index in [9.17, 15) is 9.59 Å². The lowest BCUT2D eigenvalue weighted by Gasteiger charge is -2.14. The third kappa shape index (κ3) is 5.50. The van der Waals surface area contributed by atoms with Crippen LogP contribution in [0.3, 0.4) is 0 Å². The Kier molecular flexibility index (Phi) is 5.82. The number of urea groups is 1. The highest BCUT2D eigenvalue weighted by Crippen LogP contribution is 1.91. The van der Waals surface area contributed by atoms with Gasteiger partial charge in [-0.2, -0.15) is 0 Å². The predicted molar refractivity (Wildman–Crippen MR) is 51.4 cm³/mol. The Labute approximate surface area is 82.9 Å². The minimum absolute atomic E-state index is 0.0527. The zero-order chi connectivity index (χ0) is 11.1. The van der Waals surface area contributed by atoms with Crippen LogP contribution in [0.4, 0.5) is 4.79 Å². The molecule has 0 spiro atoms. The highest BCUT2D eigenvalue weighted by Gasteiger charge is 2.14. The average molecular weight is 203 g/mol. The number of hydrogen-bond donors (Lipinski definition) is 4. The number of nitrogens with two attached hydrogens (primary N) is 1. The lowest BCUT2D eigenvalue weighted by Crippen LogP contribution is -2.47. The summed E-state index contributed by atoms with van der Waals surface area (Å²) in [4.78, 5) is 21.4. The van der Waals surface area contributed by atoms with E-state index in [4.69, 9.17) is 10.8 Å². The Balaban J connectivity index is 3.78. The summed E-state index contributed by atoms with van der Waals surface area (Å²) in [5.74, 6) is -0.401. The quantitative estimate of drug-likeness (QED) is 0.450. The number of rotatable bonds is 5. The van der Waals surface area contributed by atoms with Crippen molar-refractivity contribution in [1.82, 2.24) is 10.6 Å². The van der Waals surface area contributed by atoms with E-state index in [0.29, 0.717) is 6.54 Å². The van der Waals surface area contributed by atoms with Gasteiger partial charge in [0.05, 0.1) is 6.04 Å². The Morgan fingerprint density at radius 1 is 1.43 bits per heavy atom. The number of hydrogen-bond acceptors (Lipinski definition) is 4. The van der Waals surface area contributed by atoms with Crippen molar-refractivity contribution in [1.29, 1.82) is 0 Å². The summed E-state index contributed by atoms with van der Waals surface area (Å²) in [5.41, 5.74) is 4.77. The molecule has 5 N–H and O–H groups in total. The molecule has 0 radical (unpaired) electrons. The molecular formula is C8H17N3O3. The first-order chi connectivity index (χ1) is 6.47. The molecule has 3 amide bonds. The topological polar surface area (TPSA) is 104 Å². The molecule has 2 atom stereocenters. The van der Waals surface area contributed by atoms with Gasteiger partial charge in [-0.15, -0.1) is 0 Å². The summed E-state index contributed by atoms with van der Waals surface area (Å²) in [6.07, 6.45) is 0. The second-order valence-electron chi connectivity index (χ2n) is 3.27. The normalized spacial score (nSPS) is 14.5. The van der Waals surface area contributed by atoms with Crippen LogP contribution in [0.25, 0.3) is 0 Å². The van der Waals surface area contributed by atoms with Crippen LogP contribution in [0, 0.1) is 5.92 Å². The minimum Gasteiger partial charge on any atom is -0.396 e.